The van der Waals surface area contributed by atoms with Crippen molar-refractivity contribution >= 4 is 11.9 Å². The molecule has 1 heterocycles. The van der Waals surface area contributed by atoms with Crippen LogP contribution in [-0.2, 0) is 16.1 Å². The van der Waals surface area contributed by atoms with E-state index in [1.165, 1.54) is 0 Å². The highest BCUT2D eigenvalue weighted by Gasteiger charge is 2.33. The fraction of sp³-hybridized carbons (Fsp3) is 0.529. The largest absolute Gasteiger partial charge is 0.480 e. The Kier molecular flexibility index (Phi) is 5.55. The second kappa shape index (κ2) is 7.40. The Morgan fingerprint density at radius 1 is 1.32 bits per heavy atom. The fourth-order valence-corrected chi connectivity index (χ4v) is 2.90. The van der Waals surface area contributed by atoms with Gasteiger partial charge in [-0.25, -0.2) is 0 Å². The summed E-state index contributed by atoms with van der Waals surface area (Å²) in [5.74, 6) is -0.837. The van der Waals surface area contributed by atoms with E-state index in [0.717, 1.165) is 12.0 Å². The lowest BCUT2D eigenvalue weighted by molar-refractivity contribution is -0.143. The van der Waals surface area contributed by atoms with Crippen LogP contribution in [0.5, 0.6) is 0 Å². The van der Waals surface area contributed by atoms with Gasteiger partial charge in [-0.15, -0.1) is 0 Å². The SMILES string of the molecule is CC(C)N(Cc1ccccc1)C(=O)CN1CCC[C@H]1C(=O)O. The van der Waals surface area contributed by atoms with Gasteiger partial charge in [-0.05, 0) is 38.8 Å². The molecule has 22 heavy (non-hydrogen) atoms. The van der Waals surface area contributed by atoms with Gasteiger partial charge in [0.1, 0.15) is 6.04 Å². The average molecular weight is 304 g/mol. The van der Waals surface area contributed by atoms with Gasteiger partial charge in [-0.1, -0.05) is 30.3 Å². The molecule has 1 N–H and O–H groups in total. The lowest BCUT2D eigenvalue weighted by atomic mass is 10.2. The number of rotatable bonds is 6. The van der Waals surface area contributed by atoms with E-state index in [-0.39, 0.29) is 18.5 Å². The van der Waals surface area contributed by atoms with E-state index in [9.17, 15) is 14.7 Å². The van der Waals surface area contributed by atoms with Crippen molar-refractivity contribution in [2.24, 2.45) is 0 Å². The number of hydrogen-bond donors (Lipinski definition) is 1. The Hall–Kier alpha value is -1.88. The van der Waals surface area contributed by atoms with Gasteiger partial charge >= 0.3 is 5.97 Å². The summed E-state index contributed by atoms with van der Waals surface area (Å²) in [7, 11) is 0. The van der Waals surface area contributed by atoms with Crippen molar-refractivity contribution < 1.29 is 14.7 Å². The topological polar surface area (TPSA) is 60.9 Å². The van der Waals surface area contributed by atoms with Crippen LogP contribution in [0.1, 0.15) is 32.3 Å². The lowest BCUT2D eigenvalue weighted by Gasteiger charge is -2.30. The zero-order valence-corrected chi connectivity index (χ0v) is 13.2. The highest BCUT2D eigenvalue weighted by Crippen LogP contribution is 2.18. The van der Waals surface area contributed by atoms with Crippen molar-refractivity contribution in [1.82, 2.24) is 9.80 Å². The minimum atomic E-state index is -0.829. The first-order chi connectivity index (χ1) is 10.5. The van der Waals surface area contributed by atoms with Crippen LogP contribution in [0.15, 0.2) is 30.3 Å². The van der Waals surface area contributed by atoms with Crippen LogP contribution in [0.25, 0.3) is 0 Å². The predicted molar refractivity (Wildman–Crippen MR) is 84.4 cm³/mol. The van der Waals surface area contributed by atoms with E-state index < -0.39 is 12.0 Å². The molecule has 1 aromatic carbocycles. The molecule has 0 spiro atoms. The van der Waals surface area contributed by atoms with Crippen LogP contribution in [-0.4, -0.2) is 52.0 Å². The first-order valence-corrected chi connectivity index (χ1v) is 7.79. The second-order valence-corrected chi connectivity index (χ2v) is 6.07. The van der Waals surface area contributed by atoms with Crippen molar-refractivity contribution in [2.45, 2.75) is 45.3 Å². The number of nitrogens with zero attached hydrogens (tertiary/aromatic N) is 2. The summed E-state index contributed by atoms with van der Waals surface area (Å²) < 4.78 is 0. The Balaban J connectivity index is 2.02. The number of amides is 1. The number of benzene rings is 1. The van der Waals surface area contributed by atoms with Crippen LogP contribution in [0.4, 0.5) is 0 Å². The third kappa shape index (κ3) is 4.07. The van der Waals surface area contributed by atoms with Gasteiger partial charge in [0.05, 0.1) is 6.54 Å². The van der Waals surface area contributed by atoms with Crippen molar-refractivity contribution in [3.05, 3.63) is 35.9 Å². The number of aliphatic carboxylic acids is 1. The highest BCUT2D eigenvalue weighted by atomic mass is 16.4. The van der Waals surface area contributed by atoms with Gasteiger partial charge in [0.15, 0.2) is 0 Å². The monoisotopic (exact) mass is 304 g/mol. The zero-order chi connectivity index (χ0) is 16.1. The molecule has 1 aliphatic rings. The third-order valence-electron chi connectivity index (χ3n) is 4.13. The van der Waals surface area contributed by atoms with Crippen LogP contribution in [0.3, 0.4) is 0 Å². The molecule has 0 aliphatic carbocycles. The summed E-state index contributed by atoms with van der Waals surface area (Å²) in [6, 6.07) is 9.43. The van der Waals surface area contributed by atoms with Crippen LogP contribution >= 0.6 is 0 Å². The number of carbonyl (C=O) groups is 2. The van der Waals surface area contributed by atoms with Crippen LogP contribution in [0.2, 0.25) is 0 Å². The zero-order valence-electron chi connectivity index (χ0n) is 13.2. The quantitative estimate of drug-likeness (QED) is 0.873. The van der Waals surface area contributed by atoms with E-state index in [0.29, 0.717) is 19.5 Å². The van der Waals surface area contributed by atoms with Crippen molar-refractivity contribution in [3.8, 4) is 0 Å². The third-order valence-corrected chi connectivity index (χ3v) is 4.13. The molecule has 1 aromatic rings. The van der Waals surface area contributed by atoms with Gasteiger partial charge in [0.2, 0.25) is 5.91 Å². The molecule has 0 aromatic heterocycles. The van der Waals surface area contributed by atoms with E-state index in [1.807, 2.05) is 49.1 Å². The van der Waals surface area contributed by atoms with E-state index >= 15 is 0 Å². The number of hydrogen-bond acceptors (Lipinski definition) is 3. The normalized spacial score (nSPS) is 18.6. The summed E-state index contributed by atoms with van der Waals surface area (Å²) in [6.07, 6.45) is 1.47. The highest BCUT2D eigenvalue weighted by molar-refractivity contribution is 5.80. The summed E-state index contributed by atoms with van der Waals surface area (Å²) >= 11 is 0. The van der Waals surface area contributed by atoms with E-state index in [1.54, 1.807) is 4.90 Å². The van der Waals surface area contributed by atoms with Crippen LogP contribution < -0.4 is 0 Å². The number of likely N-dealkylation sites (tertiary alicyclic amines) is 1. The standard InChI is InChI=1S/C17H24N2O3/c1-13(2)19(11-14-7-4-3-5-8-14)16(20)12-18-10-6-9-15(18)17(21)22/h3-5,7-8,13,15H,6,9-12H2,1-2H3,(H,21,22)/t15-/m0/s1. The molecule has 120 valence electrons. The molecule has 1 saturated heterocycles. The van der Waals surface area contributed by atoms with Crippen molar-refractivity contribution in [3.63, 3.8) is 0 Å². The molecule has 1 aliphatic heterocycles. The van der Waals surface area contributed by atoms with Gasteiger partial charge < -0.3 is 10.0 Å². The summed E-state index contributed by atoms with van der Waals surface area (Å²) in [4.78, 5) is 27.4. The molecular formula is C17H24N2O3. The Labute approximate surface area is 131 Å². The fourth-order valence-electron chi connectivity index (χ4n) is 2.90. The Morgan fingerprint density at radius 2 is 2.00 bits per heavy atom. The van der Waals surface area contributed by atoms with E-state index in [2.05, 4.69) is 0 Å². The number of carbonyl (C=O) groups excluding carboxylic acids is 1. The Morgan fingerprint density at radius 3 is 2.59 bits per heavy atom. The Bertz CT molecular complexity index is 516. The average Bonchev–Trinajstić information content (AvgIpc) is 2.93. The first kappa shape index (κ1) is 16.5. The second-order valence-electron chi connectivity index (χ2n) is 6.07. The minimum absolute atomic E-state index is 0.00740. The summed E-state index contributed by atoms with van der Waals surface area (Å²) in [6.45, 7) is 5.39. The van der Waals surface area contributed by atoms with Gasteiger partial charge in [-0.2, -0.15) is 0 Å². The molecule has 5 heteroatoms. The molecule has 2 rings (SSSR count). The number of carboxylic acid groups (broad SMARTS) is 1. The van der Waals surface area contributed by atoms with Crippen LogP contribution in [0, 0.1) is 0 Å². The molecule has 0 saturated carbocycles. The molecule has 0 unspecified atom stereocenters. The summed E-state index contributed by atoms with van der Waals surface area (Å²) in [5, 5.41) is 9.21. The van der Waals surface area contributed by atoms with Gasteiger partial charge in [-0.3, -0.25) is 14.5 Å². The number of carboxylic acids is 1. The minimum Gasteiger partial charge on any atom is -0.480 e. The maximum atomic E-state index is 12.6. The molecule has 5 nitrogen and oxygen atoms in total. The molecule has 1 fully saturated rings. The van der Waals surface area contributed by atoms with Gasteiger partial charge in [0.25, 0.3) is 0 Å². The first-order valence-electron chi connectivity index (χ1n) is 7.79. The smallest absolute Gasteiger partial charge is 0.320 e. The van der Waals surface area contributed by atoms with Gasteiger partial charge in [0, 0.05) is 12.6 Å². The summed E-state index contributed by atoms with van der Waals surface area (Å²) in [5.41, 5.74) is 1.08. The maximum Gasteiger partial charge on any atom is 0.320 e. The molecule has 1 amide bonds. The maximum absolute atomic E-state index is 12.6. The molecular weight excluding hydrogens is 280 g/mol. The van der Waals surface area contributed by atoms with Crippen molar-refractivity contribution in [1.29, 1.82) is 0 Å². The molecule has 1 atom stereocenters. The predicted octanol–water partition coefficient (Wildman–Crippen LogP) is 1.97. The van der Waals surface area contributed by atoms with Crippen molar-refractivity contribution in [2.75, 3.05) is 13.1 Å². The lowest BCUT2D eigenvalue weighted by Crippen LogP contribution is -2.46. The van der Waals surface area contributed by atoms with E-state index in [4.69, 9.17) is 0 Å². The molecule has 0 radical (unpaired) electrons. The molecule has 0 bridgehead atoms.